The monoisotopic (exact) mass is 716 g/mol. The number of rotatable bonds is 9. The van der Waals surface area contributed by atoms with E-state index in [1.165, 1.54) is 18.2 Å². The Kier molecular flexibility index (Phi) is 9.85. The fourth-order valence-corrected chi connectivity index (χ4v) is 10.2. The molecule has 6 rings (SSSR count). The standard InChI is InChI=1S/C34H49FO15/c1-15-8-19-18-5-4-16-9-17(39)6-7-30(16,2)33(18,35)22(40)10-31(19,3)34(15,46)23(41)13-47-32(14-38)28(45)27(21(12-37)50-32)49-29-26(44)25(43)24(42)20(11-36)48-29/h6-7,9,15,18-22,24-29,36-38,40,42-46H,4-5,8,10-14H2,1-3H3/t15-,18+,19+,20?,21-,22+,24+,25-,26?,27+,28?,29+,30+,31+,32-,33+,34+/m1/s1. The number of ether oxygens (including phenoxy) is 4. The van der Waals surface area contributed by atoms with E-state index < -0.39 is 133 Å². The van der Waals surface area contributed by atoms with Gasteiger partial charge in [-0.2, -0.15) is 0 Å². The highest BCUT2D eigenvalue weighted by Gasteiger charge is 2.75. The van der Waals surface area contributed by atoms with Crippen LogP contribution in [0.1, 0.15) is 46.5 Å². The predicted molar refractivity (Wildman–Crippen MR) is 165 cm³/mol. The van der Waals surface area contributed by atoms with Crippen LogP contribution in [0.5, 0.6) is 0 Å². The van der Waals surface area contributed by atoms with E-state index in [1.807, 2.05) is 0 Å². The fourth-order valence-electron chi connectivity index (χ4n) is 10.2. The molecule has 0 aromatic rings. The van der Waals surface area contributed by atoms with E-state index >= 15 is 4.39 Å². The van der Waals surface area contributed by atoms with E-state index in [9.17, 15) is 55.5 Å². The van der Waals surface area contributed by atoms with Crippen LogP contribution in [0.2, 0.25) is 0 Å². The summed E-state index contributed by atoms with van der Waals surface area (Å²) in [6, 6.07) is 0. The number of hydrogen-bond acceptors (Lipinski definition) is 15. The minimum absolute atomic E-state index is 0.242. The summed E-state index contributed by atoms with van der Waals surface area (Å²) in [7, 11) is 0. The summed E-state index contributed by atoms with van der Waals surface area (Å²) in [5.74, 6) is -5.58. The number of aliphatic hydroxyl groups is 9. The molecule has 2 heterocycles. The summed E-state index contributed by atoms with van der Waals surface area (Å²) in [6.07, 6.45) is -10.2. The fraction of sp³-hybridized carbons (Fsp3) is 0.824. The summed E-state index contributed by atoms with van der Waals surface area (Å²) in [5, 5.41) is 95.8. The third-order valence-corrected chi connectivity index (χ3v) is 13.1. The first kappa shape index (κ1) is 38.0. The molecule has 0 bridgehead atoms. The molecule has 50 heavy (non-hydrogen) atoms. The molecular weight excluding hydrogens is 667 g/mol. The number of aliphatic hydroxyl groups excluding tert-OH is 8. The molecule has 3 saturated carbocycles. The Morgan fingerprint density at radius 1 is 1.02 bits per heavy atom. The Morgan fingerprint density at radius 2 is 1.70 bits per heavy atom. The van der Waals surface area contributed by atoms with Crippen molar-refractivity contribution in [3.8, 4) is 0 Å². The second-order valence-electron chi connectivity index (χ2n) is 15.4. The van der Waals surface area contributed by atoms with E-state index in [2.05, 4.69) is 0 Å². The summed E-state index contributed by atoms with van der Waals surface area (Å²) in [4.78, 5) is 26.3. The minimum atomic E-state index is -2.40. The van der Waals surface area contributed by atoms with Gasteiger partial charge in [0.1, 0.15) is 61.5 Å². The van der Waals surface area contributed by atoms with E-state index in [-0.39, 0.29) is 25.0 Å². The van der Waals surface area contributed by atoms with Gasteiger partial charge in [0.05, 0.1) is 19.3 Å². The molecule has 0 spiro atoms. The van der Waals surface area contributed by atoms with Crippen LogP contribution in [0.25, 0.3) is 0 Å². The normalized spacial score (nSPS) is 53.1. The van der Waals surface area contributed by atoms with Crippen LogP contribution in [-0.2, 0) is 28.5 Å². The molecule has 5 fully saturated rings. The molecule has 3 unspecified atom stereocenters. The van der Waals surface area contributed by atoms with Gasteiger partial charge in [-0.25, -0.2) is 4.39 Å². The number of ketones is 2. The highest BCUT2D eigenvalue weighted by Crippen LogP contribution is 2.70. The van der Waals surface area contributed by atoms with Crippen molar-refractivity contribution in [1.82, 2.24) is 0 Å². The van der Waals surface area contributed by atoms with E-state index in [0.29, 0.717) is 12.0 Å². The summed E-state index contributed by atoms with van der Waals surface area (Å²) < 4.78 is 39.9. The third-order valence-electron chi connectivity index (χ3n) is 13.1. The third kappa shape index (κ3) is 5.10. The van der Waals surface area contributed by atoms with E-state index in [1.54, 1.807) is 20.8 Å². The van der Waals surface area contributed by atoms with Gasteiger partial charge in [-0.05, 0) is 56.6 Å². The van der Waals surface area contributed by atoms with Gasteiger partial charge in [0.2, 0.25) is 5.79 Å². The lowest BCUT2D eigenvalue weighted by Gasteiger charge is -2.62. The highest BCUT2D eigenvalue weighted by molar-refractivity contribution is 6.01. The number of carbonyl (C=O) groups is 2. The van der Waals surface area contributed by atoms with Crippen molar-refractivity contribution in [2.24, 2.45) is 28.6 Å². The van der Waals surface area contributed by atoms with Crippen LogP contribution in [0.3, 0.4) is 0 Å². The number of hydrogen-bond donors (Lipinski definition) is 9. The molecule has 4 aliphatic carbocycles. The topological polar surface area (TPSA) is 253 Å². The first-order valence-corrected chi connectivity index (χ1v) is 17.1. The van der Waals surface area contributed by atoms with Crippen LogP contribution in [0.15, 0.2) is 23.8 Å². The van der Waals surface area contributed by atoms with Crippen LogP contribution in [0, 0.1) is 28.6 Å². The van der Waals surface area contributed by atoms with Gasteiger partial charge in [0, 0.05) is 16.7 Å². The molecule has 0 radical (unpaired) electrons. The predicted octanol–water partition coefficient (Wildman–Crippen LogP) is -2.45. The molecule has 6 aliphatic rings. The van der Waals surface area contributed by atoms with Crippen molar-refractivity contribution >= 4 is 11.6 Å². The summed E-state index contributed by atoms with van der Waals surface area (Å²) in [6.45, 7) is 1.38. The molecule has 15 nitrogen and oxygen atoms in total. The Morgan fingerprint density at radius 3 is 2.34 bits per heavy atom. The Bertz CT molecular complexity index is 1410. The Hall–Kier alpha value is -1.77. The molecule has 0 amide bonds. The average Bonchev–Trinajstić information content (AvgIpc) is 3.47. The number of alkyl halides is 1. The van der Waals surface area contributed by atoms with Gasteiger partial charge in [0.15, 0.2) is 23.5 Å². The molecule has 0 aromatic heterocycles. The van der Waals surface area contributed by atoms with E-state index in [0.717, 1.165) is 0 Å². The maximum absolute atomic E-state index is 17.5. The second-order valence-corrected chi connectivity index (χ2v) is 15.4. The van der Waals surface area contributed by atoms with Gasteiger partial charge in [-0.3, -0.25) is 9.59 Å². The van der Waals surface area contributed by atoms with Gasteiger partial charge >= 0.3 is 0 Å². The van der Waals surface area contributed by atoms with Gasteiger partial charge in [0.25, 0.3) is 0 Å². The van der Waals surface area contributed by atoms with Crippen LogP contribution in [0.4, 0.5) is 4.39 Å². The van der Waals surface area contributed by atoms with Crippen molar-refractivity contribution in [3.05, 3.63) is 23.8 Å². The maximum atomic E-state index is 17.5. The van der Waals surface area contributed by atoms with Crippen molar-refractivity contribution in [2.45, 2.75) is 119 Å². The van der Waals surface area contributed by atoms with Crippen molar-refractivity contribution < 1.29 is 78.9 Å². The Labute approximate surface area is 287 Å². The van der Waals surface area contributed by atoms with Crippen molar-refractivity contribution in [3.63, 3.8) is 0 Å². The van der Waals surface area contributed by atoms with Crippen molar-refractivity contribution in [2.75, 3.05) is 26.4 Å². The zero-order valence-corrected chi connectivity index (χ0v) is 28.2. The molecular formula is C34H49FO15. The lowest BCUT2D eigenvalue weighted by Crippen LogP contribution is -2.69. The second kappa shape index (κ2) is 13.0. The zero-order valence-electron chi connectivity index (χ0n) is 28.2. The van der Waals surface area contributed by atoms with Crippen LogP contribution in [-0.4, -0.2) is 156 Å². The summed E-state index contributed by atoms with van der Waals surface area (Å²) in [5.41, 5.74) is -6.33. The van der Waals surface area contributed by atoms with Crippen molar-refractivity contribution in [1.29, 1.82) is 0 Å². The number of carbonyl (C=O) groups excluding carboxylic acids is 2. The lowest BCUT2D eigenvalue weighted by molar-refractivity contribution is -0.319. The largest absolute Gasteiger partial charge is 0.394 e. The highest BCUT2D eigenvalue weighted by atomic mass is 19.1. The minimum Gasteiger partial charge on any atom is -0.394 e. The zero-order chi connectivity index (χ0) is 36.8. The first-order chi connectivity index (χ1) is 23.4. The Balaban J connectivity index is 1.21. The molecule has 0 aromatic carbocycles. The smallest absolute Gasteiger partial charge is 0.222 e. The quantitative estimate of drug-likeness (QED) is 0.120. The molecule has 282 valence electrons. The molecule has 2 aliphatic heterocycles. The van der Waals surface area contributed by atoms with Crippen LogP contribution >= 0.6 is 0 Å². The first-order valence-electron chi connectivity index (χ1n) is 17.1. The van der Waals surface area contributed by atoms with Gasteiger partial charge in [-0.1, -0.05) is 25.5 Å². The summed E-state index contributed by atoms with van der Waals surface area (Å²) >= 11 is 0. The molecule has 9 N–H and O–H groups in total. The number of allylic oxidation sites excluding steroid dienone is 4. The number of Topliss-reactive ketones (excluding diaryl/α,β-unsaturated/α-hetero) is 1. The van der Waals surface area contributed by atoms with Crippen LogP contribution < -0.4 is 0 Å². The lowest BCUT2D eigenvalue weighted by atomic mass is 9.44. The molecule has 2 saturated heterocycles. The molecule has 16 heteroatoms. The maximum Gasteiger partial charge on any atom is 0.222 e. The SMILES string of the molecule is C[C@@H]1C[C@H]2[C@@H]3CCC4=CC(=O)C=C[C@]4(C)[C@@]3(F)[C@@H](O)C[C@]2(C)[C@@]1(O)C(=O)CO[C@]1(CO)O[C@H](CO)[C@H](O[C@@H]2OC(CO)[C@H](O)[C@@H](O)C2O)C1O. The van der Waals surface area contributed by atoms with Gasteiger partial charge < -0.3 is 64.9 Å². The average molecular weight is 717 g/mol. The van der Waals surface area contributed by atoms with Gasteiger partial charge in [-0.15, -0.1) is 0 Å². The molecule has 17 atom stereocenters. The number of halogens is 1. The van der Waals surface area contributed by atoms with E-state index in [4.69, 9.17) is 18.9 Å². The number of fused-ring (bicyclic) bond motifs is 5.